The quantitative estimate of drug-likeness (QED) is 0.579. The van der Waals surface area contributed by atoms with Crippen molar-refractivity contribution in [3.63, 3.8) is 0 Å². The molecule has 0 amide bonds. The van der Waals surface area contributed by atoms with Gasteiger partial charge in [-0.2, -0.15) is 0 Å². The summed E-state index contributed by atoms with van der Waals surface area (Å²) in [6.45, 7) is 1.91. The Morgan fingerprint density at radius 1 is 1.05 bits per heavy atom. The van der Waals surface area contributed by atoms with Crippen molar-refractivity contribution in [3.05, 3.63) is 46.9 Å². The second-order valence-electron chi connectivity index (χ2n) is 4.46. The van der Waals surface area contributed by atoms with Crippen LogP contribution in [0.3, 0.4) is 0 Å². The van der Waals surface area contributed by atoms with E-state index in [-0.39, 0.29) is 0 Å². The first kappa shape index (κ1) is 14.6. The van der Waals surface area contributed by atoms with Crippen molar-refractivity contribution in [2.24, 2.45) is 0 Å². The Hall–Kier alpha value is -1.33. The third-order valence-corrected chi connectivity index (χ3v) is 4.38. The zero-order valence-electron chi connectivity index (χ0n) is 11.4. The normalized spacial score (nSPS) is 13.0. The van der Waals surface area contributed by atoms with Crippen molar-refractivity contribution in [3.8, 4) is 17.2 Å². The lowest BCUT2D eigenvalue weighted by Crippen LogP contribution is -2.15. The molecule has 2 aromatic rings. The van der Waals surface area contributed by atoms with E-state index >= 15 is 0 Å². The van der Waals surface area contributed by atoms with E-state index in [0.717, 1.165) is 32.4 Å². The van der Waals surface area contributed by atoms with E-state index in [2.05, 4.69) is 22.0 Å². The molecule has 0 spiro atoms. The molecular weight excluding hydrogens is 352 g/mol. The zero-order chi connectivity index (χ0) is 14.5. The molecule has 0 unspecified atom stereocenters. The molecular formula is C16H15BrO3S. The summed E-state index contributed by atoms with van der Waals surface area (Å²) in [7, 11) is 0. The predicted octanol–water partition coefficient (Wildman–Crippen LogP) is 4.39. The molecule has 1 heterocycles. The topological polar surface area (TPSA) is 27.7 Å². The van der Waals surface area contributed by atoms with Crippen LogP contribution in [0, 0.1) is 0 Å². The average Bonchev–Trinajstić information content (AvgIpc) is 2.51. The first-order valence-electron chi connectivity index (χ1n) is 6.72. The second-order valence-corrected chi connectivity index (χ2v) is 6.54. The van der Waals surface area contributed by atoms with E-state index in [1.165, 1.54) is 0 Å². The van der Waals surface area contributed by atoms with Gasteiger partial charge in [0.25, 0.3) is 0 Å². The van der Waals surface area contributed by atoms with Gasteiger partial charge in [0.05, 0.1) is 6.61 Å². The molecule has 0 bridgehead atoms. The Morgan fingerprint density at radius 3 is 2.76 bits per heavy atom. The summed E-state index contributed by atoms with van der Waals surface area (Å²) in [4.78, 5) is 1.16. The Bertz CT molecular complexity index is 618. The first-order valence-corrected chi connectivity index (χ1v) is 8.50. The van der Waals surface area contributed by atoms with Gasteiger partial charge in [-0.1, -0.05) is 22.0 Å². The lowest BCUT2D eigenvalue weighted by atomic mass is 10.3. The van der Waals surface area contributed by atoms with Crippen LogP contribution in [-0.2, 0) is 0 Å². The SMILES string of the molecule is Brc1cccc(OCCSc2ccc3c(c2)OCCO3)c1. The lowest BCUT2D eigenvalue weighted by molar-refractivity contribution is 0.171. The van der Waals surface area contributed by atoms with Crippen LogP contribution < -0.4 is 14.2 Å². The molecule has 3 rings (SSSR count). The van der Waals surface area contributed by atoms with Crippen LogP contribution in [0.5, 0.6) is 17.2 Å². The summed E-state index contributed by atoms with van der Waals surface area (Å²) >= 11 is 5.18. The third-order valence-electron chi connectivity index (χ3n) is 2.93. The molecule has 0 N–H and O–H groups in total. The van der Waals surface area contributed by atoms with Gasteiger partial charge in [-0.05, 0) is 36.4 Å². The summed E-state index contributed by atoms with van der Waals surface area (Å²) in [5.41, 5.74) is 0. The van der Waals surface area contributed by atoms with Crippen molar-refractivity contribution in [1.29, 1.82) is 0 Å². The zero-order valence-corrected chi connectivity index (χ0v) is 13.8. The Morgan fingerprint density at radius 2 is 1.90 bits per heavy atom. The van der Waals surface area contributed by atoms with Crippen LogP contribution in [-0.4, -0.2) is 25.6 Å². The number of thioether (sulfide) groups is 1. The minimum Gasteiger partial charge on any atom is -0.493 e. The highest BCUT2D eigenvalue weighted by atomic mass is 79.9. The summed E-state index contributed by atoms with van der Waals surface area (Å²) in [6, 6.07) is 13.9. The van der Waals surface area contributed by atoms with Crippen molar-refractivity contribution >= 4 is 27.7 Å². The largest absolute Gasteiger partial charge is 0.493 e. The molecule has 0 fully saturated rings. The van der Waals surface area contributed by atoms with Crippen LogP contribution in [0.2, 0.25) is 0 Å². The smallest absolute Gasteiger partial charge is 0.162 e. The van der Waals surface area contributed by atoms with Crippen LogP contribution in [0.25, 0.3) is 0 Å². The fourth-order valence-electron chi connectivity index (χ4n) is 1.99. The van der Waals surface area contributed by atoms with Gasteiger partial charge in [-0.15, -0.1) is 11.8 Å². The molecule has 0 saturated heterocycles. The van der Waals surface area contributed by atoms with E-state index in [1.54, 1.807) is 11.8 Å². The van der Waals surface area contributed by atoms with Gasteiger partial charge in [0, 0.05) is 15.1 Å². The Kier molecular flexibility index (Phi) is 4.93. The molecule has 2 aromatic carbocycles. The number of halogens is 1. The van der Waals surface area contributed by atoms with Gasteiger partial charge in [-0.3, -0.25) is 0 Å². The van der Waals surface area contributed by atoms with Crippen molar-refractivity contribution in [2.75, 3.05) is 25.6 Å². The number of hydrogen-bond donors (Lipinski definition) is 0. The van der Waals surface area contributed by atoms with E-state index in [9.17, 15) is 0 Å². The maximum atomic E-state index is 5.71. The molecule has 3 nitrogen and oxygen atoms in total. The highest BCUT2D eigenvalue weighted by Crippen LogP contribution is 2.34. The number of rotatable bonds is 5. The summed E-state index contributed by atoms with van der Waals surface area (Å²) in [5, 5.41) is 0. The van der Waals surface area contributed by atoms with Crippen molar-refractivity contribution < 1.29 is 14.2 Å². The number of benzene rings is 2. The lowest BCUT2D eigenvalue weighted by Gasteiger charge is -2.18. The molecule has 0 aromatic heterocycles. The fourth-order valence-corrected chi connectivity index (χ4v) is 3.12. The van der Waals surface area contributed by atoms with E-state index in [0.29, 0.717) is 19.8 Å². The predicted molar refractivity (Wildman–Crippen MR) is 87.8 cm³/mol. The Balaban J connectivity index is 1.49. The highest BCUT2D eigenvalue weighted by Gasteiger charge is 2.11. The van der Waals surface area contributed by atoms with E-state index in [4.69, 9.17) is 14.2 Å². The van der Waals surface area contributed by atoms with Crippen molar-refractivity contribution in [2.45, 2.75) is 4.90 Å². The maximum Gasteiger partial charge on any atom is 0.162 e. The van der Waals surface area contributed by atoms with E-state index in [1.807, 2.05) is 36.4 Å². The number of ether oxygens (including phenoxy) is 3. The maximum absolute atomic E-state index is 5.71. The summed E-state index contributed by atoms with van der Waals surface area (Å²) in [5.74, 6) is 3.42. The minimum atomic E-state index is 0.618. The minimum absolute atomic E-state index is 0.618. The van der Waals surface area contributed by atoms with Gasteiger partial charge >= 0.3 is 0 Å². The van der Waals surface area contributed by atoms with Crippen LogP contribution in [0.15, 0.2) is 51.8 Å². The first-order chi connectivity index (χ1) is 10.3. The number of hydrogen-bond acceptors (Lipinski definition) is 4. The third kappa shape index (κ3) is 4.08. The number of fused-ring (bicyclic) bond motifs is 1. The molecule has 0 radical (unpaired) electrons. The van der Waals surface area contributed by atoms with Gasteiger partial charge in [0.15, 0.2) is 11.5 Å². The molecule has 0 saturated carbocycles. The van der Waals surface area contributed by atoms with Crippen molar-refractivity contribution in [1.82, 2.24) is 0 Å². The monoisotopic (exact) mass is 366 g/mol. The molecule has 0 aliphatic carbocycles. The molecule has 0 atom stereocenters. The van der Waals surface area contributed by atoms with Gasteiger partial charge in [-0.25, -0.2) is 0 Å². The molecule has 1 aliphatic heterocycles. The van der Waals surface area contributed by atoms with Gasteiger partial charge in [0.2, 0.25) is 0 Å². The van der Waals surface area contributed by atoms with Gasteiger partial charge < -0.3 is 14.2 Å². The Labute approximate surface area is 136 Å². The molecule has 21 heavy (non-hydrogen) atoms. The van der Waals surface area contributed by atoms with E-state index < -0.39 is 0 Å². The molecule has 5 heteroatoms. The average molecular weight is 367 g/mol. The standard InChI is InChI=1S/C16H15BrO3S/c17-12-2-1-3-13(10-12)18-8-9-21-14-4-5-15-16(11-14)20-7-6-19-15/h1-5,10-11H,6-9H2. The second kappa shape index (κ2) is 7.09. The molecule has 110 valence electrons. The molecule has 1 aliphatic rings. The van der Waals surface area contributed by atoms with Crippen LogP contribution in [0.1, 0.15) is 0 Å². The van der Waals surface area contributed by atoms with Crippen LogP contribution >= 0.6 is 27.7 Å². The van der Waals surface area contributed by atoms with Crippen LogP contribution in [0.4, 0.5) is 0 Å². The highest BCUT2D eigenvalue weighted by molar-refractivity contribution is 9.10. The summed E-state index contributed by atoms with van der Waals surface area (Å²) in [6.07, 6.45) is 0. The fraction of sp³-hybridized carbons (Fsp3) is 0.250. The summed E-state index contributed by atoms with van der Waals surface area (Å²) < 4.78 is 17.8. The van der Waals surface area contributed by atoms with Gasteiger partial charge in [0.1, 0.15) is 19.0 Å².